The Morgan fingerprint density at radius 2 is 2.21 bits per heavy atom. The van der Waals surface area contributed by atoms with Gasteiger partial charge in [-0.05, 0) is 38.1 Å². The maximum Gasteiger partial charge on any atom is 0.0992 e. The van der Waals surface area contributed by atoms with E-state index in [1.165, 1.54) is 0 Å². The number of aromatic nitrogens is 2. The second kappa shape index (κ2) is 5.77. The molecule has 4 nitrogen and oxygen atoms in total. The number of hydrogen-bond acceptors (Lipinski definition) is 3. The van der Waals surface area contributed by atoms with E-state index in [0.717, 1.165) is 23.6 Å². The molecule has 1 aromatic carbocycles. The van der Waals surface area contributed by atoms with E-state index in [-0.39, 0.29) is 0 Å². The van der Waals surface area contributed by atoms with Gasteiger partial charge in [-0.2, -0.15) is 10.4 Å². The zero-order valence-electron chi connectivity index (χ0n) is 10.9. The Hall–Kier alpha value is -1.99. The van der Waals surface area contributed by atoms with Crippen molar-refractivity contribution >= 4 is 17.3 Å². The quantitative estimate of drug-likeness (QED) is 0.930. The van der Waals surface area contributed by atoms with Crippen molar-refractivity contribution in [3.8, 4) is 6.07 Å². The Bertz CT molecular complexity index is 625. The van der Waals surface area contributed by atoms with Gasteiger partial charge in [0.25, 0.3) is 0 Å². The second-order valence-electron chi connectivity index (χ2n) is 4.25. The summed E-state index contributed by atoms with van der Waals surface area (Å²) in [5.74, 6) is 0. The fourth-order valence-corrected chi connectivity index (χ4v) is 2.12. The van der Waals surface area contributed by atoms with Crippen LogP contribution < -0.4 is 5.32 Å². The molecule has 0 radical (unpaired) electrons. The lowest BCUT2D eigenvalue weighted by atomic mass is 10.2. The van der Waals surface area contributed by atoms with Crippen LogP contribution in [-0.4, -0.2) is 9.78 Å². The molecule has 0 saturated heterocycles. The highest BCUT2D eigenvalue weighted by molar-refractivity contribution is 6.33. The van der Waals surface area contributed by atoms with Crippen LogP contribution in [-0.2, 0) is 13.1 Å². The highest BCUT2D eigenvalue weighted by Crippen LogP contribution is 2.23. The van der Waals surface area contributed by atoms with Crippen LogP contribution in [0.1, 0.15) is 23.9 Å². The molecule has 1 aromatic heterocycles. The molecule has 0 spiro atoms. The van der Waals surface area contributed by atoms with Crippen LogP contribution in [0.15, 0.2) is 24.3 Å². The highest BCUT2D eigenvalue weighted by Gasteiger charge is 2.06. The summed E-state index contributed by atoms with van der Waals surface area (Å²) in [5, 5.41) is 17.1. The molecule has 5 heteroatoms. The van der Waals surface area contributed by atoms with Gasteiger partial charge in [0.05, 0.1) is 40.3 Å². The Labute approximate surface area is 117 Å². The zero-order valence-corrected chi connectivity index (χ0v) is 11.7. The number of hydrogen-bond donors (Lipinski definition) is 1. The molecule has 0 aliphatic rings. The van der Waals surface area contributed by atoms with Gasteiger partial charge in [-0.25, -0.2) is 0 Å². The zero-order chi connectivity index (χ0) is 13.8. The Morgan fingerprint density at radius 1 is 1.42 bits per heavy atom. The third-order valence-corrected chi connectivity index (χ3v) is 3.17. The lowest BCUT2D eigenvalue weighted by Crippen LogP contribution is -2.08. The normalized spacial score (nSPS) is 10.2. The largest absolute Gasteiger partial charge is 0.378 e. The van der Waals surface area contributed by atoms with Crippen molar-refractivity contribution in [1.29, 1.82) is 5.26 Å². The SMILES string of the molecule is CCn1nc(C)cc1CNc1cc(C#N)ccc1Cl. The number of anilines is 1. The Balaban J connectivity index is 2.16. The van der Waals surface area contributed by atoms with Crippen LogP contribution in [0, 0.1) is 18.3 Å². The average Bonchev–Trinajstić information content (AvgIpc) is 2.78. The third kappa shape index (κ3) is 3.07. The van der Waals surface area contributed by atoms with E-state index in [4.69, 9.17) is 16.9 Å². The first-order valence-electron chi connectivity index (χ1n) is 6.11. The van der Waals surface area contributed by atoms with Crippen LogP contribution >= 0.6 is 11.6 Å². The maximum absolute atomic E-state index is 8.89. The summed E-state index contributed by atoms with van der Waals surface area (Å²) in [7, 11) is 0. The van der Waals surface area contributed by atoms with Gasteiger partial charge in [-0.15, -0.1) is 0 Å². The molecule has 19 heavy (non-hydrogen) atoms. The first kappa shape index (κ1) is 13.4. The van der Waals surface area contributed by atoms with Crippen LogP contribution in [0.5, 0.6) is 0 Å². The van der Waals surface area contributed by atoms with Gasteiger partial charge in [-0.3, -0.25) is 4.68 Å². The van der Waals surface area contributed by atoms with Gasteiger partial charge >= 0.3 is 0 Å². The highest BCUT2D eigenvalue weighted by atomic mass is 35.5. The minimum absolute atomic E-state index is 0.590. The van der Waals surface area contributed by atoms with Crippen molar-refractivity contribution in [1.82, 2.24) is 9.78 Å². The summed E-state index contributed by atoms with van der Waals surface area (Å²) >= 11 is 6.10. The molecule has 0 amide bonds. The van der Waals surface area contributed by atoms with E-state index in [1.54, 1.807) is 18.2 Å². The molecule has 0 unspecified atom stereocenters. The predicted octanol–water partition coefficient (Wildman–Crippen LogP) is 3.35. The number of nitrogens with one attached hydrogen (secondary N) is 1. The smallest absolute Gasteiger partial charge is 0.0992 e. The number of rotatable bonds is 4. The summed E-state index contributed by atoms with van der Waals surface area (Å²) in [4.78, 5) is 0. The van der Waals surface area contributed by atoms with Crippen molar-refractivity contribution in [2.45, 2.75) is 26.9 Å². The van der Waals surface area contributed by atoms with Crippen molar-refractivity contribution < 1.29 is 0 Å². The molecule has 0 aliphatic heterocycles. The van der Waals surface area contributed by atoms with Gasteiger partial charge in [0.2, 0.25) is 0 Å². The van der Waals surface area contributed by atoms with Crippen LogP contribution in [0.2, 0.25) is 5.02 Å². The minimum Gasteiger partial charge on any atom is -0.378 e. The average molecular weight is 275 g/mol. The molecule has 1 heterocycles. The summed E-state index contributed by atoms with van der Waals surface area (Å²) in [6.45, 7) is 5.48. The molecular weight excluding hydrogens is 260 g/mol. The topological polar surface area (TPSA) is 53.6 Å². The number of halogens is 1. The molecule has 0 bridgehead atoms. The molecular formula is C14H15ClN4. The second-order valence-corrected chi connectivity index (χ2v) is 4.66. The molecule has 0 atom stereocenters. The summed E-state index contributed by atoms with van der Waals surface area (Å²) < 4.78 is 1.95. The maximum atomic E-state index is 8.89. The predicted molar refractivity (Wildman–Crippen MR) is 76.1 cm³/mol. The summed E-state index contributed by atoms with van der Waals surface area (Å²) in [5.41, 5.74) is 3.45. The lowest BCUT2D eigenvalue weighted by molar-refractivity contribution is 0.623. The molecule has 2 rings (SSSR count). The first-order chi connectivity index (χ1) is 9.13. The van der Waals surface area contributed by atoms with Crippen LogP contribution in [0.4, 0.5) is 5.69 Å². The molecule has 0 saturated carbocycles. The van der Waals surface area contributed by atoms with E-state index in [9.17, 15) is 0 Å². The van der Waals surface area contributed by atoms with E-state index in [0.29, 0.717) is 17.1 Å². The fraction of sp³-hybridized carbons (Fsp3) is 0.286. The van der Waals surface area contributed by atoms with Gasteiger partial charge in [-0.1, -0.05) is 11.6 Å². The van der Waals surface area contributed by atoms with Crippen molar-refractivity contribution in [2.24, 2.45) is 0 Å². The van der Waals surface area contributed by atoms with E-state index < -0.39 is 0 Å². The molecule has 0 aliphatic carbocycles. The van der Waals surface area contributed by atoms with Crippen LogP contribution in [0.3, 0.4) is 0 Å². The van der Waals surface area contributed by atoms with Gasteiger partial charge < -0.3 is 5.32 Å². The van der Waals surface area contributed by atoms with Crippen LogP contribution in [0.25, 0.3) is 0 Å². The number of aryl methyl sites for hydroxylation is 2. The minimum atomic E-state index is 0.590. The third-order valence-electron chi connectivity index (χ3n) is 2.84. The summed E-state index contributed by atoms with van der Waals surface area (Å²) in [6.07, 6.45) is 0. The van der Waals surface area contributed by atoms with Gasteiger partial charge in [0, 0.05) is 6.54 Å². The number of nitriles is 1. The lowest BCUT2D eigenvalue weighted by Gasteiger charge is -2.09. The van der Waals surface area contributed by atoms with E-state index >= 15 is 0 Å². The van der Waals surface area contributed by atoms with Gasteiger partial charge in [0.1, 0.15) is 0 Å². The number of benzene rings is 1. The first-order valence-corrected chi connectivity index (χ1v) is 6.48. The standard InChI is InChI=1S/C14H15ClN4/c1-3-19-12(6-10(2)18-19)9-17-14-7-11(8-16)4-5-13(14)15/h4-7,17H,3,9H2,1-2H3. The Kier molecular flexibility index (Phi) is 4.08. The molecule has 0 fully saturated rings. The van der Waals surface area contributed by atoms with Crippen molar-refractivity contribution in [3.63, 3.8) is 0 Å². The fourth-order valence-electron chi connectivity index (χ4n) is 1.93. The monoisotopic (exact) mass is 274 g/mol. The van der Waals surface area contributed by atoms with Crippen molar-refractivity contribution in [2.75, 3.05) is 5.32 Å². The molecule has 2 aromatic rings. The molecule has 98 valence electrons. The van der Waals surface area contributed by atoms with E-state index in [1.807, 2.05) is 17.7 Å². The van der Waals surface area contributed by atoms with Crippen molar-refractivity contribution in [3.05, 3.63) is 46.2 Å². The summed E-state index contributed by atoms with van der Waals surface area (Å²) in [6, 6.07) is 9.32. The Morgan fingerprint density at radius 3 is 2.89 bits per heavy atom. The number of nitrogens with zero attached hydrogens (tertiary/aromatic N) is 3. The van der Waals surface area contributed by atoms with Gasteiger partial charge in [0.15, 0.2) is 0 Å². The molecule has 1 N–H and O–H groups in total. The van der Waals surface area contributed by atoms with E-state index in [2.05, 4.69) is 23.4 Å².